The van der Waals surface area contributed by atoms with E-state index in [2.05, 4.69) is 16.2 Å². The molecule has 140 valence electrons. The van der Waals surface area contributed by atoms with Crippen molar-refractivity contribution in [1.82, 2.24) is 10.9 Å². The maximum absolute atomic E-state index is 12.1. The van der Waals surface area contributed by atoms with E-state index in [1.165, 1.54) is 0 Å². The molecule has 0 fully saturated rings. The molecule has 0 aromatic heterocycles. The van der Waals surface area contributed by atoms with E-state index in [-0.39, 0.29) is 36.5 Å². The lowest BCUT2D eigenvalue weighted by atomic mass is 9.89. The van der Waals surface area contributed by atoms with Gasteiger partial charge in [0, 0.05) is 23.0 Å². The zero-order chi connectivity index (χ0) is 19.2. The monoisotopic (exact) mass is 385 g/mol. The molecular weight excluding hydrogens is 366 g/mol. The minimum absolute atomic E-state index is 0.0757. The van der Waals surface area contributed by atoms with Crippen LogP contribution in [0.4, 0.5) is 5.69 Å². The third-order valence-corrected chi connectivity index (χ3v) is 4.70. The molecule has 0 spiro atoms. The Morgan fingerprint density at radius 2 is 1.74 bits per heavy atom. The van der Waals surface area contributed by atoms with Crippen molar-refractivity contribution in [3.05, 3.63) is 64.7 Å². The van der Waals surface area contributed by atoms with Crippen LogP contribution in [0, 0.1) is 5.92 Å². The van der Waals surface area contributed by atoms with Gasteiger partial charge < -0.3 is 5.32 Å². The zero-order valence-electron chi connectivity index (χ0n) is 14.6. The van der Waals surface area contributed by atoms with Gasteiger partial charge in [0.15, 0.2) is 0 Å². The average molecular weight is 386 g/mol. The minimum Gasteiger partial charge on any atom is -0.326 e. The first-order valence-electron chi connectivity index (χ1n) is 8.72. The van der Waals surface area contributed by atoms with Gasteiger partial charge in [0.05, 0.1) is 6.42 Å². The number of rotatable bonds is 5. The molecule has 2 aromatic carbocycles. The van der Waals surface area contributed by atoms with E-state index < -0.39 is 0 Å². The lowest BCUT2D eigenvalue weighted by molar-refractivity contribution is -0.129. The van der Waals surface area contributed by atoms with Crippen molar-refractivity contribution in [2.24, 2.45) is 5.92 Å². The maximum Gasteiger partial charge on any atom is 0.242 e. The summed E-state index contributed by atoms with van der Waals surface area (Å²) in [5.74, 6) is -0.982. The van der Waals surface area contributed by atoms with Crippen molar-refractivity contribution in [2.75, 3.05) is 5.32 Å². The third-order valence-electron chi connectivity index (χ3n) is 4.45. The molecule has 1 unspecified atom stereocenters. The smallest absolute Gasteiger partial charge is 0.242 e. The first kappa shape index (κ1) is 18.9. The first-order chi connectivity index (χ1) is 13.0. The number of nitrogens with one attached hydrogen (secondary N) is 3. The standard InChI is InChI=1S/C20H20ClN3O3/c21-16-8-5-13(6-9-16)11-19(26)24-23-18(25)10-7-15-12-14-3-1-2-4-17(14)22-20(15)27/h1-6,8-9,15H,7,10-12H2,(H,22,27)(H,23,25)(H,24,26). The Hall–Kier alpha value is -2.86. The number of carbonyl (C=O) groups is 3. The number of carbonyl (C=O) groups excluding carboxylic acids is 3. The van der Waals surface area contributed by atoms with E-state index >= 15 is 0 Å². The molecule has 3 N–H and O–H groups in total. The number of hydrogen-bond donors (Lipinski definition) is 3. The summed E-state index contributed by atoms with van der Waals surface area (Å²) in [7, 11) is 0. The molecule has 3 amide bonds. The van der Waals surface area contributed by atoms with Crippen LogP contribution in [0.5, 0.6) is 0 Å². The molecule has 3 rings (SSSR count). The van der Waals surface area contributed by atoms with Gasteiger partial charge in [0.2, 0.25) is 17.7 Å². The SMILES string of the molecule is O=C(CCC1Cc2ccccc2NC1=O)NNC(=O)Cc1ccc(Cl)cc1. The van der Waals surface area contributed by atoms with Gasteiger partial charge in [-0.3, -0.25) is 25.2 Å². The Morgan fingerprint density at radius 3 is 2.52 bits per heavy atom. The van der Waals surface area contributed by atoms with E-state index in [4.69, 9.17) is 11.6 Å². The van der Waals surface area contributed by atoms with Crippen LogP contribution in [0.3, 0.4) is 0 Å². The fourth-order valence-electron chi connectivity index (χ4n) is 2.99. The number of anilines is 1. The Balaban J connectivity index is 1.41. The van der Waals surface area contributed by atoms with Crippen molar-refractivity contribution >= 4 is 35.0 Å². The van der Waals surface area contributed by atoms with Gasteiger partial charge in [-0.1, -0.05) is 41.9 Å². The molecule has 0 radical (unpaired) electrons. The molecule has 0 bridgehead atoms. The third kappa shape index (κ3) is 5.31. The highest BCUT2D eigenvalue weighted by molar-refractivity contribution is 6.30. The number of hydrazine groups is 1. The lowest BCUT2D eigenvalue weighted by Crippen LogP contribution is -2.42. The second-order valence-electron chi connectivity index (χ2n) is 6.49. The highest BCUT2D eigenvalue weighted by Crippen LogP contribution is 2.27. The van der Waals surface area contributed by atoms with Crippen molar-refractivity contribution in [2.45, 2.75) is 25.7 Å². The second-order valence-corrected chi connectivity index (χ2v) is 6.92. The molecular formula is C20H20ClN3O3. The van der Waals surface area contributed by atoms with E-state index in [1.807, 2.05) is 24.3 Å². The Morgan fingerprint density at radius 1 is 1.04 bits per heavy atom. The van der Waals surface area contributed by atoms with E-state index in [0.717, 1.165) is 16.8 Å². The molecule has 7 heteroatoms. The first-order valence-corrected chi connectivity index (χ1v) is 9.10. The van der Waals surface area contributed by atoms with Gasteiger partial charge in [0.25, 0.3) is 0 Å². The summed E-state index contributed by atoms with van der Waals surface area (Å²) in [4.78, 5) is 36.0. The molecule has 6 nitrogen and oxygen atoms in total. The van der Waals surface area contributed by atoms with Crippen LogP contribution >= 0.6 is 11.6 Å². The van der Waals surface area contributed by atoms with Gasteiger partial charge in [0.1, 0.15) is 0 Å². The molecule has 1 aliphatic rings. The molecule has 0 saturated carbocycles. The average Bonchev–Trinajstić information content (AvgIpc) is 2.66. The summed E-state index contributed by atoms with van der Waals surface area (Å²) >= 11 is 5.80. The maximum atomic E-state index is 12.1. The molecule has 0 aliphatic carbocycles. The summed E-state index contributed by atoms with van der Waals surface area (Å²) in [5, 5.41) is 3.46. The summed E-state index contributed by atoms with van der Waals surface area (Å²) in [6, 6.07) is 14.6. The van der Waals surface area contributed by atoms with Crippen LogP contribution in [0.1, 0.15) is 24.0 Å². The van der Waals surface area contributed by atoms with E-state index in [1.54, 1.807) is 24.3 Å². The Kier molecular flexibility index (Phi) is 6.08. The quantitative estimate of drug-likeness (QED) is 0.691. The van der Waals surface area contributed by atoms with Crippen LogP contribution in [0.15, 0.2) is 48.5 Å². The summed E-state index contributed by atoms with van der Waals surface area (Å²) in [6.45, 7) is 0. The Bertz CT molecular complexity index is 852. The van der Waals surface area contributed by atoms with Gasteiger partial charge in [-0.2, -0.15) is 0 Å². The number of amides is 3. The van der Waals surface area contributed by atoms with Crippen molar-refractivity contribution < 1.29 is 14.4 Å². The molecule has 1 heterocycles. The lowest BCUT2D eigenvalue weighted by Gasteiger charge is -2.24. The van der Waals surface area contributed by atoms with Gasteiger partial charge in [-0.15, -0.1) is 0 Å². The predicted octanol–water partition coefficient (Wildman–Crippen LogP) is 2.62. The molecule has 1 atom stereocenters. The normalized spacial score (nSPS) is 15.4. The van der Waals surface area contributed by atoms with Crippen LogP contribution in [-0.4, -0.2) is 17.7 Å². The molecule has 1 aliphatic heterocycles. The number of para-hydroxylation sites is 1. The van der Waals surface area contributed by atoms with Crippen molar-refractivity contribution in [3.63, 3.8) is 0 Å². The van der Waals surface area contributed by atoms with E-state index in [9.17, 15) is 14.4 Å². The number of hydrogen-bond acceptors (Lipinski definition) is 3. The Labute approximate surface area is 162 Å². The van der Waals surface area contributed by atoms with Gasteiger partial charge in [-0.05, 0) is 42.2 Å². The van der Waals surface area contributed by atoms with Crippen LogP contribution < -0.4 is 16.2 Å². The fourth-order valence-corrected chi connectivity index (χ4v) is 3.11. The largest absolute Gasteiger partial charge is 0.326 e. The number of halogens is 1. The van der Waals surface area contributed by atoms with Crippen LogP contribution in [0.2, 0.25) is 5.02 Å². The van der Waals surface area contributed by atoms with Crippen LogP contribution in [-0.2, 0) is 27.2 Å². The second kappa shape index (κ2) is 8.68. The fraction of sp³-hybridized carbons (Fsp3) is 0.250. The predicted molar refractivity (Wildman–Crippen MR) is 103 cm³/mol. The van der Waals surface area contributed by atoms with Crippen LogP contribution in [0.25, 0.3) is 0 Å². The summed E-state index contributed by atoms with van der Waals surface area (Å²) in [5.41, 5.74) is 7.47. The zero-order valence-corrected chi connectivity index (χ0v) is 15.4. The number of benzene rings is 2. The summed E-state index contributed by atoms with van der Waals surface area (Å²) in [6.07, 6.45) is 1.32. The highest BCUT2D eigenvalue weighted by Gasteiger charge is 2.26. The molecule has 0 saturated heterocycles. The summed E-state index contributed by atoms with van der Waals surface area (Å²) < 4.78 is 0. The molecule has 2 aromatic rings. The highest BCUT2D eigenvalue weighted by atomic mass is 35.5. The van der Waals surface area contributed by atoms with E-state index in [0.29, 0.717) is 17.9 Å². The van der Waals surface area contributed by atoms with Crippen molar-refractivity contribution in [1.29, 1.82) is 0 Å². The van der Waals surface area contributed by atoms with Gasteiger partial charge >= 0.3 is 0 Å². The minimum atomic E-state index is -0.328. The molecule has 27 heavy (non-hydrogen) atoms. The van der Waals surface area contributed by atoms with Gasteiger partial charge in [-0.25, -0.2) is 0 Å². The van der Waals surface area contributed by atoms with Crippen molar-refractivity contribution in [3.8, 4) is 0 Å². The number of fused-ring (bicyclic) bond motifs is 1. The topological polar surface area (TPSA) is 87.3 Å².